The second kappa shape index (κ2) is 7.79. The van der Waals surface area contributed by atoms with Crippen LogP contribution in [-0.4, -0.2) is 17.7 Å². The van der Waals surface area contributed by atoms with Gasteiger partial charge in [-0.3, -0.25) is 9.59 Å². The van der Waals surface area contributed by atoms with E-state index in [-0.39, 0.29) is 50.7 Å². The number of ether oxygens (including phenoxy) is 1. The van der Waals surface area contributed by atoms with Gasteiger partial charge in [0.15, 0.2) is 11.0 Å². The Bertz CT molecular complexity index is 1150. The summed E-state index contributed by atoms with van der Waals surface area (Å²) in [7, 11) is 0. The average Bonchev–Trinajstić information content (AvgIpc) is 2.64. The molecule has 0 aliphatic heterocycles. The molecule has 0 spiro atoms. The van der Waals surface area contributed by atoms with Crippen molar-refractivity contribution < 1.29 is 32.2 Å². The van der Waals surface area contributed by atoms with Gasteiger partial charge in [-0.1, -0.05) is 17.7 Å². The molecule has 0 atom stereocenters. The van der Waals surface area contributed by atoms with Crippen LogP contribution in [0.1, 0.15) is 17.5 Å². The minimum absolute atomic E-state index is 0.00495. The van der Waals surface area contributed by atoms with Crippen molar-refractivity contribution in [2.75, 3.05) is 6.61 Å². The number of fused-ring (bicyclic) bond motifs is 1. The Morgan fingerprint density at radius 3 is 2.62 bits per heavy atom. The molecule has 1 heterocycles. The lowest BCUT2D eigenvalue weighted by Gasteiger charge is -2.15. The van der Waals surface area contributed by atoms with Gasteiger partial charge in [-0.15, -0.1) is 0 Å². The molecule has 29 heavy (non-hydrogen) atoms. The van der Waals surface area contributed by atoms with E-state index in [2.05, 4.69) is 0 Å². The predicted molar refractivity (Wildman–Crippen MR) is 100 cm³/mol. The maximum Gasteiger partial charge on any atom is 0.416 e. The second-order valence-corrected chi connectivity index (χ2v) is 6.61. The average molecular weight is 427 g/mol. The Morgan fingerprint density at radius 2 is 1.97 bits per heavy atom. The third-order valence-corrected chi connectivity index (χ3v) is 4.52. The molecule has 1 N–H and O–H groups in total. The zero-order valence-electron chi connectivity index (χ0n) is 15.0. The number of rotatable bonds is 5. The first-order valence-electron chi connectivity index (χ1n) is 8.37. The van der Waals surface area contributed by atoms with Gasteiger partial charge in [0.2, 0.25) is 0 Å². The number of carboxylic acid groups (broad SMARTS) is 1. The SMILES string of the molecule is Cc1c(-c2ccc(C(F)(F)F)cc2OCCC(=O)O)oc2c(Cl)cccc2c1=O. The molecule has 0 unspecified atom stereocenters. The van der Waals surface area contributed by atoms with Gasteiger partial charge < -0.3 is 14.3 Å². The lowest BCUT2D eigenvalue weighted by atomic mass is 10.0. The summed E-state index contributed by atoms with van der Waals surface area (Å²) in [4.78, 5) is 23.4. The Balaban J connectivity index is 2.21. The fourth-order valence-electron chi connectivity index (χ4n) is 2.79. The summed E-state index contributed by atoms with van der Waals surface area (Å²) in [5.41, 5.74) is -1.04. The minimum Gasteiger partial charge on any atom is -0.492 e. The fraction of sp³-hybridized carbons (Fsp3) is 0.200. The van der Waals surface area contributed by atoms with Crippen LogP contribution in [0.4, 0.5) is 13.2 Å². The summed E-state index contributed by atoms with van der Waals surface area (Å²) < 4.78 is 50.4. The normalized spacial score (nSPS) is 11.6. The molecule has 0 saturated heterocycles. The smallest absolute Gasteiger partial charge is 0.416 e. The Hall–Kier alpha value is -3.00. The standard InChI is InChI=1S/C20H14ClF3O5/c1-10-17(27)13-3-2-4-14(21)19(13)29-18(10)12-6-5-11(20(22,23)24)9-15(12)28-8-7-16(25)26/h2-6,9H,7-8H2,1H3,(H,25,26). The van der Waals surface area contributed by atoms with Gasteiger partial charge in [-0.05, 0) is 37.3 Å². The van der Waals surface area contributed by atoms with Crippen LogP contribution >= 0.6 is 11.6 Å². The van der Waals surface area contributed by atoms with Crippen molar-refractivity contribution in [3.8, 4) is 17.1 Å². The topological polar surface area (TPSA) is 76.7 Å². The van der Waals surface area contributed by atoms with Gasteiger partial charge in [0.1, 0.15) is 11.5 Å². The molecule has 0 fully saturated rings. The highest BCUT2D eigenvalue weighted by molar-refractivity contribution is 6.34. The number of benzene rings is 2. The minimum atomic E-state index is -4.63. The summed E-state index contributed by atoms with van der Waals surface area (Å²) in [5.74, 6) is -1.42. The van der Waals surface area contributed by atoms with E-state index >= 15 is 0 Å². The molecule has 0 radical (unpaired) electrons. The molecular weight excluding hydrogens is 413 g/mol. The molecule has 5 nitrogen and oxygen atoms in total. The Morgan fingerprint density at radius 1 is 1.24 bits per heavy atom. The zero-order valence-corrected chi connectivity index (χ0v) is 15.7. The van der Waals surface area contributed by atoms with Crippen molar-refractivity contribution in [1.82, 2.24) is 0 Å². The number of carbonyl (C=O) groups is 1. The van der Waals surface area contributed by atoms with Gasteiger partial charge in [-0.2, -0.15) is 13.2 Å². The van der Waals surface area contributed by atoms with Gasteiger partial charge in [0.05, 0.1) is 34.6 Å². The van der Waals surface area contributed by atoms with Crippen molar-refractivity contribution in [3.63, 3.8) is 0 Å². The number of aliphatic carboxylic acids is 1. The molecule has 0 amide bonds. The van der Waals surface area contributed by atoms with E-state index in [4.69, 9.17) is 25.9 Å². The molecule has 152 valence electrons. The zero-order chi connectivity index (χ0) is 21.3. The van der Waals surface area contributed by atoms with E-state index in [9.17, 15) is 22.8 Å². The lowest BCUT2D eigenvalue weighted by molar-refractivity contribution is -0.139. The monoisotopic (exact) mass is 426 g/mol. The summed E-state index contributed by atoms with van der Waals surface area (Å²) >= 11 is 6.11. The van der Waals surface area contributed by atoms with E-state index in [0.717, 1.165) is 18.2 Å². The summed E-state index contributed by atoms with van der Waals surface area (Å²) in [6.07, 6.45) is -5.05. The fourth-order valence-corrected chi connectivity index (χ4v) is 3.00. The molecule has 0 aliphatic carbocycles. The molecule has 9 heteroatoms. The lowest BCUT2D eigenvalue weighted by Crippen LogP contribution is -2.10. The Kier molecular flexibility index (Phi) is 5.57. The number of alkyl halides is 3. The maximum atomic E-state index is 13.1. The van der Waals surface area contributed by atoms with Crippen LogP contribution in [0.3, 0.4) is 0 Å². The van der Waals surface area contributed by atoms with Crippen LogP contribution in [0.2, 0.25) is 5.02 Å². The molecule has 3 rings (SSSR count). The molecule has 3 aromatic rings. The number of hydrogen-bond donors (Lipinski definition) is 1. The molecule has 0 saturated carbocycles. The largest absolute Gasteiger partial charge is 0.492 e. The van der Waals surface area contributed by atoms with E-state index in [1.54, 1.807) is 6.07 Å². The van der Waals surface area contributed by atoms with Crippen LogP contribution in [0.25, 0.3) is 22.3 Å². The Labute approximate surface area is 167 Å². The van der Waals surface area contributed by atoms with Crippen molar-refractivity contribution in [1.29, 1.82) is 0 Å². The van der Waals surface area contributed by atoms with Crippen LogP contribution in [0.15, 0.2) is 45.6 Å². The number of halogens is 4. The number of hydrogen-bond acceptors (Lipinski definition) is 4. The van der Waals surface area contributed by atoms with Gasteiger partial charge in [0, 0.05) is 5.56 Å². The van der Waals surface area contributed by atoms with E-state index < -0.39 is 24.1 Å². The third-order valence-electron chi connectivity index (χ3n) is 4.22. The second-order valence-electron chi connectivity index (χ2n) is 6.20. The number of carboxylic acids is 1. The molecule has 2 aromatic carbocycles. The van der Waals surface area contributed by atoms with Crippen molar-refractivity contribution in [2.45, 2.75) is 19.5 Å². The van der Waals surface area contributed by atoms with E-state index in [0.29, 0.717) is 0 Å². The third kappa shape index (κ3) is 4.22. The van der Waals surface area contributed by atoms with Crippen molar-refractivity contribution in [3.05, 3.63) is 62.8 Å². The van der Waals surface area contributed by atoms with Crippen LogP contribution in [0.5, 0.6) is 5.75 Å². The number of para-hydroxylation sites is 1. The van der Waals surface area contributed by atoms with Gasteiger partial charge in [0.25, 0.3) is 0 Å². The van der Waals surface area contributed by atoms with Gasteiger partial charge in [-0.25, -0.2) is 0 Å². The molecule has 0 aliphatic rings. The summed E-state index contributed by atoms with van der Waals surface area (Å²) in [5, 5.41) is 9.16. The first-order chi connectivity index (χ1) is 13.6. The van der Waals surface area contributed by atoms with E-state index in [1.165, 1.54) is 19.1 Å². The maximum absolute atomic E-state index is 13.1. The van der Waals surface area contributed by atoms with Gasteiger partial charge >= 0.3 is 12.1 Å². The van der Waals surface area contributed by atoms with Crippen LogP contribution < -0.4 is 10.2 Å². The van der Waals surface area contributed by atoms with E-state index in [1.807, 2.05) is 0 Å². The highest BCUT2D eigenvalue weighted by Crippen LogP contribution is 2.39. The highest BCUT2D eigenvalue weighted by Gasteiger charge is 2.32. The van der Waals surface area contributed by atoms with Crippen LogP contribution in [0, 0.1) is 6.92 Å². The first kappa shape index (κ1) is 20.7. The molecule has 1 aromatic heterocycles. The summed E-state index contributed by atoms with van der Waals surface area (Å²) in [6.45, 7) is 1.11. The highest BCUT2D eigenvalue weighted by atomic mass is 35.5. The quantitative estimate of drug-likeness (QED) is 0.599. The van der Waals surface area contributed by atoms with Crippen LogP contribution in [-0.2, 0) is 11.0 Å². The van der Waals surface area contributed by atoms with Crippen molar-refractivity contribution >= 4 is 28.5 Å². The molecule has 0 bridgehead atoms. The summed E-state index contributed by atoms with van der Waals surface area (Å²) in [6, 6.07) is 7.32. The first-order valence-corrected chi connectivity index (χ1v) is 8.75. The predicted octanol–water partition coefficient (Wildman–Crippen LogP) is 5.29. The molecular formula is C20H14ClF3O5. The van der Waals surface area contributed by atoms with Crippen molar-refractivity contribution in [2.24, 2.45) is 0 Å².